The summed E-state index contributed by atoms with van der Waals surface area (Å²) in [5.41, 5.74) is 0.607. The third-order valence-corrected chi connectivity index (χ3v) is 5.15. The van der Waals surface area contributed by atoms with E-state index in [1.807, 2.05) is 13.8 Å². The number of anilines is 1. The van der Waals surface area contributed by atoms with Crippen molar-refractivity contribution in [3.8, 4) is 5.75 Å². The number of hydrogen-bond donors (Lipinski definition) is 2. The molecule has 1 amide bonds. The molecule has 0 fully saturated rings. The summed E-state index contributed by atoms with van der Waals surface area (Å²) in [5, 5.41) is 3.10. The van der Waals surface area contributed by atoms with Gasteiger partial charge in [0.05, 0.1) is 17.7 Å². The lowest BCUT2D eigenvalue weighted by molar-refractivity contribution is 0.102. The minimum atomic E-state index is -3.69. The quantitative estimate of drug-likeness (QED) is 0.749. The van der Waals surface area contributed by atoms with Crippen LogP contribution in [-0.4, -0.2) is 28.0 Å². The number of hydrogen-bond acceptors (Lipinski definition) is 4. The Labute approximate surface area is 158 Å². The van der Waals surface area contributed by atoms with Crippen LogP contribution < -0.4 is 14.8 Å². The first-order valence-electron chi connectivity index (χ1n) is 7.97. The predicted molar refractivity (Wildman–Crippen MR) is 102 cm³/mol. The highest BCUT2D eigenvalue weighted by Gasteiger charge is 2.18. The average molecular weight is 397 g/mol. The Kier molecular flexibility index (Phi) is 6.63. The third kappa shape index (κ3) is 5.20. The van der Waals surface area contributed by atoms with E-state index < -0.39 is 15.9 Å². The van der Waals surface area contributed by atoms with Crippen molar-refractivity contribution in [2.45, 2.75) is 18.7 Å². The summed E-state index contributed by atoms with van der Waals surface area (Å²) < 4.78 is 32.6. The Morgan fingerprint density at radius 2 is 1.92 bits per heavy atom. The van der Waals surface area contributed by atoms with Gasteiger partial charge in [-0.05, 0) is 42.3 Å². The van der Waals surface area contributed by atoms with Crippen LogP contribution in [0.5, 0.6) is 5.75 Å². The van der Waals surface area contributed by atoms with Crippen molar-refractivity contribution < 1.29 is 17.9 Å². The highest BCUT2D eigenvalue weighted by molar-refractivity contribution is 7.89. The molecule has 2 aromatic rings. The molecule has 2 aromatic carbocycles. The monoisotopic (exact) mass is 396 g/mol. The number of nitrogens with one attached hydrogen (secondary N) is 2. The van der Waals surface area contributed by atoms with Gasteiger partial charge in [0.15, 0.2) is 0 Å². The molecule has 26 heavy (non-hydrogen) atoms. The maximum Gasteiger partial charge on any atom is 0.255 e. The Morgan fingerprint density at radius 3 is 2.54 bits per heavy atom. The fraction of sp³-hybridized carbons (Fsp3) is 0.278. The van der Waals surface area contributed by atoms with Gasteiger partial charge in [-0.2, -0.15) is 0 Å². The predicted octanol–water partition coefficient (Wildman–Crippen LogP) is 3.54. The number of ether oxygens (including phenoxy) is 1. The number of benzene rings is 2. The molecule has 0 aliphatic heterocycles. The van der Waals surface area contributed by atoms with Crippen LogP contribution in [0.4, 0.5) is 5.69 Å². The van der Waals surface area contributed by atoms with E-state index in [1.165, 1.54) is 31.4 Å². The fourth-order valence-electron chi connectivity index (χ4n) is 2.14. The van der Waals surface area contributed by atoms with Gasteiger partial charge in [0.1, 0.15) is 5.75 Å². The highest BCUT2D eigenvalue weighted by atomic mass is 35.5. The van der Waals surface area contributed by atoms with Gasteiger partial charge < -0.3 is 10.1 Å². The SMILES string of the molecule is COc1ccc(S(=O)(=O)NCC(C)C)cc1NC(=O)c1cccc(Cl)c1. The van der Waals surface area contributed by atoms with E-state index >= 15 is 0 Å². The molecular formula is C18H21ClN2O4S. The van der Waals surface area contributed by atoms with Crippen LogP contribution in [-0.2, 0) is 10.0 Å². The van der Waals surface area contributed by atoms with Gasteiger partial charge >= 0.3 is 0 Å². The van der Waals surface area contributed by atoms with Crippen LogP contribution >= 0.6 is 11.6 Å². The third-order valence-electron chi connectivity index (χ3n) is 3.50. The largest absolute Gasteiger partial charge is 0.495 e. The molecule has 2 N–H and O–H groups in total. The highest BCUT2D eigenvalue weighted by Crippen LogP contribution is 2.28. The standard InChI is InChI=1S/C18H21ClN2O4S/c1-12(2)11-20-26(23,24)15-7-8-17(25-3)16(10-15)21-18(22)13-5-4-6-14(19)9-13/h4-10,12,20H,11H2,1-3H3,(H,21,22). The molecule has 140 valence electrons. The van der Waals surface area contributed by atoms with Crippen LogP contribution in [0.25, 0.3) is 0 Å². The van der Waals surface area contributed by atoms with E-state index in [1.54, 1.807) is 18.2 Å². The Hall–Kier alpha value is -2.09. The smallest absolute Gasteiger partial charge is 0.255 e. The minimum Gasteiger partial charge on any atom is -0.495 e. The van der Waals surface area contributed by atoms with Crippen LogP contribution in [0.15, 0.2) is 47.4 Å². The van der Waals surface area contributed by atoms with Crippen molar-refractivity contribution in [3.05, 3.63) is 53.1 Å². The normalized spacial score (nSPS) is 11.4. The Bertz CT molecular complexity index is 898. The first-order chi connectivity index (χ1) is 12.2. The van der Waals surface area contributed by atoms with Crippen LogP contribution in [0.1, 0.15) is 24.2 Å². The molecule has 6 nitrogen and oxygen atoms in total. The van der Waals surface area contributed by atoms with E-state index in [4.69, 9.17) is 16.3 Å². The Morgan fingerprint density at radius 1 is 1.19 bits per heavy atom. The number of carbonyl (C=O) groups is 1. The first-order valence-corrected chi connectivity index (χ1v) is 9.83. The lowest BCUT2D eigenvalue weighted by Gasteiger charge is -2.14. The maximum absolute atomic E-state index is 12.4. The molecule has 0 radical (unpaired) electrons. The lowest BCUT2D eigenvalue weighted by Crippen LogP contribution is -2.27. The number of halogens is 1. The fourth-order valence-corrected chi connectivity index (χ4v) is 3.57. The number of amides is 1. The summed E-state index contributed by atoms with van der Waals surface area (Å²) in [7, 11) is -2.25. The summed E-state index contributed by atoms with van der Waals surface area (Å²) in [6, 6.07) is 10.7. The molecule has 8 heteroatoms. The number of methoxy groups -OCH3 is 1. The zero-order chi connectivity index (χ0) is 19.3. The summed E-state index contributed by atoms with van der Waals surface area (Å²) in [6.45, 7) is 4.14. The average Bonchev–Trinajstić information content (AvgIpc) is 2.60. The van der Waals surface area contributed by atoms with Gasteiger partial charge in [-0.25, -0.2) is 13.1 Å². The maximum atomic E-state index is 12.4. The van der Waals surface area contributed by atoms with Crippen molar-refractivity contribution in [2.24, 2.45) is 5.92 Å². The van der Waals surface area contributed by atoms with Gasteiger partial charge in [0.25, 0.3) is 5.91 Å². The molecule has 0 heterocycles. The molecule has 0 bridgehead atoms. The lowest BCUT2D eigenvalue weighted by atomic mass is 10.2. The zero-order valence-electron chi connectivity index (χ0n) is 14.7. The van der Waals surface area contributed by atoms with Crippen molar-refractivity contribution in [1.29, 1.82) is 0 Å². The van der Waals surface area contributed by atoms with Gasteiger partial charge in [0.2, 0.25) is 10.0 Å². The molecule has 0 spiro atoms. The molecule has 0 atom stereocenters. The Balaban J connectivity index is 2.31. The second-order valence-electron chi connectivity index (χ2n) is 6.07. The second kappa shape index (κ2) is 8.53. The van der Waals surface area contributed by atoms with Gasteiger partial charge in [-0.15, -0.1) is 0 Å². The second-order valence-corrected chi connectivity index (χ2v) is 8.28. The van der Waals surface area contributed by atoms with Crippen LogP contribution in [0, 0.1) is 5.92 Å². The molecule has 0 aliphatic carbocycles. The van der Waals surface area contributed by atoms with Crippen LogP contribution in [0.2, 0.25) is 5.02 Å². The van der Waals surface area contributed by atoms with E-state index in [2.05, 4.69) is 10.0 Å². The molecule has 0 unspecified atom stereocenters. The molecule has 0 aromatic heterocycles. The molecular weight excluding hydrogens is 376 g/mol. The van der Waals surface area contributed by atoms with E-state index in [0.29, 0.717) is 22.9 Å². The van der Waals surface area contributed by atoms with Crippen molar-refractivity contribution in [1.82, 2.24) is 4.72 Å². The van der Waals surface area contributed by atoms with Gasteiger partial charge in [0, 0.05) is 17.1 Å². The first kappa shape index (κ1) is 20.2. The van der Waals surface area contributed by atoms with Gasteiger partial charge in [-0.3, -0.25) is 4.79 Å². The molecule has 0 saturated heterocycles. The molecule has 0 saturated carbocycles. The number of rotatable bonds is 7. The number of carbonyl (C=O) groups excluding carboxylic acids is 1. The summed E-state index contributed by atoms with van der Waals surface area (Å²) in [4.78, 5) is 12.5. The van der Waals surface area contributed by atoms with E-state index in [0.717, 1.165) is 0 Å². The van der Waals surface area contributed by atoms with Crippen LogP contribution in [0.3, 0.4) is 0 Å². The number of sulfonamides is 1. The van der Waals surface area contributed by atoms with Gasteiger partial charge in [-0.1, -0.05) is 31.5 Å². The molecule has 2 rings (SSSR count). The topological polar surface area (TPSA) is 84.5 Å². The molecule has 0 aliphatic rings. The van der Waals surface area contributed by atoms with Crippen molar-refractivity contribution in [3.63, 3.8) is 0 Å². The summed E-state index contributed by atoms with van der Waals surface area (Å²) in [5.74, 6) is 0.101. The minimum absolute atomic E-state index is 0.0420. The summed E-state index contributed by atoms with van der Waals surface area (Å²) in [6.07, 6.45) is 0. The zero-order valence-corrected chi connectivity index (χ0v) is 16.3. The van der Waals surface area contributed by atoms with Crippen molar-refractivity contribution in [2.75, 3.05) is 19.0 Å². The van der Waals surface area contributed by atoms with E-state index in [-0.39, 0.29) is 16.5 Å². The summed E-state index contributed by atoms with van der Waals surface area (Å²) >= 11 is 5.90. The van der Waals surface area contributed by atoms with Crippen molar-refractivity contribution >= 4 is 33.2 Å². The van der Waals surface area contributed by atoms with E-state index in [9.17, 15) is 13.2 Å².